The zero-order chi connectivity index (χ0) is 10.3. The van der Waals surface area contributed by atoms with E-state index in [0.29, 0.717) is 17.5 Å². The van der Waals surface area contributed by atoms with E-state index in [1.165, 1.54) is 18.9 Å². The maximum absolute atomic E-state index is 13.5. The number of halogens is 1. The van der Waals surface area contributed by atoms with E-state index in [1.807, 2.05) is 6.07 Å². The average Bonchev–Trinajstić information content (AvgIpc) is 2.27. The summed E-state index contributed by atoms with van der Waals surface area (Å²) in [4.78, 5) is 0. The second-order valence-electron chi connectivity index (χ2n) is 4.30. The van der Waals surface area contributed by atoms with Crippen molar-refractivity contribution in [3.05, 3.63) is 24.0 Å². The van der Waals surface area contributed by atoms with Crippen molar-refractivity contribution < 1.29 is 9.13 Å². The van der Waals surface area contributed by atoms with Gasteiger partial charge in [-0.1, -0.05) is 12.5 Å². The predicted molar refractivity (Wildman–Crippen MR) is 56.7 cm³/mol. The summed E-state index contributed by atoms with van der Waals surface area (Å²) in [5.41, 5.74) is 0.542. The third-order valence-electron chi connectivity index (χ3n) is 3.29. The van der Waals surface area contributed by atoms with Crippen LogP contribution in [0, 0.1) is 5.82 Å². The van der Waals surface area contributed by atoms with E-state index in [9.17, 15) is 4.39 Å². The van der Waals surface area contributed by atoms with Crippen molar-refractivity contribution >= 4 is 5.69 Å². The quantitative estimate of drug-likeness (QED) is 0.706. The first kappa shape index (κ1) is 9.01. The Morgan fingerprint density at radius 2 is 2.13 bits per heavy atom. The molecule has 1 aromatic carbocycles. The number of nitrogens with one attached hydrogen (secondary N) is 1. The van der Waals surface area contributed by atoms with Crippen molar-refractivity contribution in [2.24, 2.45) is 0 Å². The second-order valence-corrected chi connectivity index (χ2v) is 4.30. The first-order valence-corrected chi connectivity index (χ1v) is 5.56. The molecule has 1 aliphatic carbocycles. The van der Waals surface area contributed by atoms with Crippen LogP contribution in [0.1, 0.15) is 25.7 Å². The lowest BCUT2D eigenvalue weighted by Crippen LogP contribution is -2.43. The number of hydrogen-bond acceptors (Lipinski definition) is 2. The zero-order valence-corrected chi connectivity index (χ0v) is 8.50. The molecule has 1 aromatic rings. The van der Waals surface area contributed by atoms with E-state index in [4.69, 9.17) is 4.74 Å². The molecular formula is C12H14FNO. The third-order valence-corrected chi connectivity index (χ3v) is 3.29. The average molecular weight is 207 g/mol. The molecule has 2 unspecified atom stereocenters. The summed E-state index contributed by atoms with van der Waals surface area (Å²) in [7, 11) is 0. The van der Waals surface area contributed by atoms with Gasteiger partial charge in [0.2, 0.25) is 0 Å². The lowest BCUT2D eigenvalue weighted by Gasteiger charge is -2.38. The van der Waals surface area contributed by atoms with Crippen LogP contribution in [0.2, 0.25) is 0 Å². The summed E-state index contributed by atoms with van der Waals surface area (Å²) in [5.74, 6) is 0.453. The summed E-state index contributed by atoms with van der Waals surface area (Å²) in [6, 6.07) is 5.29. The third kappa shape index (κ3) is 1.46. The highest BCUT2D eigenvalue weighted by molar-refractivity contribution is 5.59. The van der Waals surface area contributed by atoms with Crippen LogP contribution in [0.5, 0.6) is 5.75 Å². The molecule has 3 rings (SSSR count). The molecule has 0 bridgehead atoms. The first-order valence-electron chi connectivity index (χ1n) is 5.56. The minimum atomic E-state index is -0.212. The van der Waals surface area contributed by atoms with Gasteiger partial charge in [-0.3, -0.25) is 0 Å². The molecule has 0 amide bonds. The van der Waals surface area contributed by atoms with Crippen LogP contribution in [-0.2, 0) is 0 Å². The highest BCUT2D eigenvalue weighted by Crippen LogP contribution is 2.37. The Labute approximate surface area is 88.4 Å². The maximum Gasteiger partial charge on any atom is 0.150 e. The zero-order valence-electron chi connectivity index (χ0n) is 8.50. The van der Waals surface area contributed by atoms with Crippen LogP contribution in [0.25, 0.3) is 0 Å². The van der Waals surface area contributed by atoms with Gasteiger partial charge in [0, 0.05) is 0 Å². The lowest BCUT2D eigenvalue weighted by atomic mass is 9.91. The second kappa shape index (κ2) is 3.40. The topological polar surface area (TPSA) is 21.3 Å². The fraction of sp³-hybridized carbons (Fsp3) is 0.500. The van der Waals surface area contributed by atoms with E-state index in [-0.39, 0.29) is 11.9 Å². The van der Waals surface area contributed by atoms with Gasteiger partial charge < -0.3 is 10.1 Å². The normalized spacial score (nSPS) is 28.3. The standard InChI is InChI=1S/C12H14FNO/c13-8-4-3-7-11-12(8)14-9-5-1-2-6-10(9)15-11/h3-4,7,9-10,14H,1-2,5-6H2. The van der Waals surface area contributed by atoms with Crippen molar-refractivity contribution in [2.75, 3.05) is 5.32 Å². The molecule has 1 aliphatic heterocycles. The molecule has 0 saturated heterocycles. The minimum Gasteiger partial charge on any atom is -0.486 e. The Balaban J connectivity index is 1.95. The fourth-order valence-electron chi connectivity index (χ4n) is 2.49. The highest BCUT2D eigenvalue weighted by Gasteiger charge is 2.32. The van der Waals surface area contributed by atoms with Gasteiger partial charge in [-0.15, -0.1) is 0 Å². The summed E-state index contributed by atoms with van der Waals surface area (Å²) in [6.07, 6.45) is 4.81. The molecule has 0 aromatic heterocycles. The fourth-order valence-corrected chi connectivity index (χ4v) is 2.49. The van der Waals surface area contributed by atoms with Crippen molar-refractivity contribution in [2.45, 2.75) is 37.8 Å². The van der Waals surface area contributed by atoms with Crippen LogP contribution in [0.3, 0.4) is 0 Å². The SMILES string of the molecule is Fc1cccc2c1NC1CCCCC1O2. The van der Waals surface area contributed by atoms with Crippen LogP contribution >= 0.6 is 0 Å². The molecule has 1 N–H and O–H groups in total. The number of para-hydroxylation sites is 1. The van der Waals surface area contributed by atoms with Crippen molar-refractivity contribution in [3.63, 3.8) is 0 Å². The Hall–Kier alpha value is -1.25. The van der Waals surface area contributed by atoms with E-state index >= 15 is 0 Å². The molecule has 1 fully saturated rings. The van der Waals surface area contributed by atoms with E-state index in [1.54, 1.807) is 6.07 Å². The largest absolute Gasteiger partial charge is 0.486 e. The summed E-state index contributed by atoms with van der Waals surface area (Å²) in [5, 5.41) is 3.27. The molecule has 0 radical (unpaired) electrons. The summed E-state index contributed by atoms with van der Waals surface area (Å²) in [6.45, 7) is 0. The van der Waals surface area contributed by atoms with Crippen molar-refractivity contribution in [1.82, 2.24) is 0 Å². The van der Waals surface area contributed by atoms with Gasteiger partial charge in [0.05, 0.1) is 6.04 Å². The van der Waals surface area contributed by atoms with Gasteiger partial charge in [-0.2, -0.15) is 0 Å². The number of fused-ring (bicyclic) bond motifs is 2. The number of anilines is 1. The molecule has 2 aliphatic rings. The van der Waals surface area contributed by atoms with Gasteiger partial charge in [0.15, 0.2) is 0 Å². The minimum absolute atomic E-state index is 0.212. The molecule has 80 valence electrons. The molecular weight excluding hydrogens is 193 g/mol. The van der Waals surface area contributed by atoms with Crippen LogP contribution in [-0.4, -0.2) is 12.1 Å². The molecule has 15 heavy (non-hydrogen) atoms. The number of ether oxygens (including phenoxy) is 1. The smallest absolute Gasteiger partial charge is 0.150 e. The van der Waals surface area contributed by atoms with Crippen LogP contribution in [0.4, 0.5) is 10.1 Å². The van der Waals surface area contributed by atoms with Gasteiger partial charge >= 0.3 is 0 Å². The van der Waals surface area contributed by atoms with Crippen LogP contribution in [0.15, 0.2) is 18.2 Å². The van der Waals surface area contributed by atoms with Crippen molar-refractivity contribution in [1.29, 1.82) is 0 Å². The number of hydrogen-bond donors (Lipinski definition) is 1. The van der Waals surface area contributed by atoms with Gasteiger partial charge in [-0.25, -0.2) is 4.39 Å². The molecule has 3 heteroatoms. The van der Waals surface area contributed by atoms with E-state index in [0.717, 1.165) is 12.8 Å². The predicted octanol–water partition coefficient (Wildman–Crippen LogP) is 2.94. The maximum atomic E-state index is 13.5. The van der Waals surface area contributed by atoms with Crippen molar-refractivity contribution in [3.8, 4) is 5.75 Å². The number of rotatable bonds is 0. The molecule has 2 atom stereocenters. The monoisotopic (exact) mass is 207 g/mol. The Kier molecular flexibility index (Phi) is 2.04. The summed E-state index contributed by atoms with van der Waals surface area (Å²) < 4.78 is 19.3. The van der Waals surface area contributed by atoms with Crippen LogP contribution < -0.4 is 10.1 Å². The molecule has 2 nitrogen and oxygen atoms in total. The Morgan fingerprint density at radius 3 is 3.07 bits per heavy atom. The highest BCUT2D eigenvalue weighted by atomic mass is 19.1. The first-order chi connectivity index (χ1) is 7.34. The van der Waals surface area contributed by atoms with E-state index in [2.05, 4.69) is 5.32 Å². The molecule has 1 heterocycles. The number of benzene rings is 1. The lowest BCUT2D eigenvalue weighted by molar-refractivity contribution is 0.130. The van der Waals surface area contributed by atoms with Gasteiger partial charge in [-0.05, 0) is 31.4 Å². The Morgan fingerprint density at radius 1 is 1.27 bits per heavy atom. The van der Waals surface area contributed by atoms with E-state index < -0.39 is 0 Å². The molecule has 1 saturated carbocycles. The van der Waals surface area contributed by atoms with Gasteiger partial charge in [0.1, 0.15) is 23.4 Å². The molecule has 0 spiro atoms. The Bertz CT molecular complexity index is 380. The van der Waals surface area contributed by atoms with Gasteiger partial charge in [0.25, 0.3) is 0 Å². The summed E-state index contributed by atoms with van der Waals surface area (Å²) >= 11 is 0.